The van der Waals surface area contributed by atoms with Crippen molar-refractivity contribution < 1.29 is 0 Å². The molecule has 0 aliphatic heterocycles. The van der Waals surface area contributed by atoms with E-state index in [0.717, 1.165) is 23.1 Å². The molecule has 0 fully saturated rings. The first-order valence-corrected chi connectivity index (χ1v) is 6.87. The number of rotatable bonds is 4. The molecule has 1 heterocycles. The minimum absolute atomic E-state index is 0.978. The summed E-state index contributed by atoms with van der Waals surface area (Å²) in [7, 11) is 1.97. The Bertz CT molecular complexity index is 546. The number of benzene rings is 1. The molecule has 1 aromatic carbocycles. The molecule has 0 amide bonds. The molecule has 0 aliphatic rings. The number of hydrogen-bond acceptors (Lipinski definition) is 2. The van der Waals surface area contributed by atoms with Crippen LogP contribution in [-0.4, -0.2) is 23.4 Å². The molecule has 0 unspecified atom stereocenters. The number of likely N-dealkylation sites (N-methyl/N-ethyl adjacent to an activating group) is 1. The lowest BCUT2D eigenvalue weighted by Gasteiger charge is -2.07. The van der Waals surface area contributed by atoms with Gasteiger partial charge in [0, 0.05) is 10.2 Å². The highest BCUT2D eigenvalue weighted by molar-refractivity contribution is 9.10. The minimum atomic E-state index is 0.978. The highest BCUT2D eigenvalue weighted by atomic mass is 79.9. The van der Waals surface area contributed by atoms with Gasteiger partial charge in [-0.15, -0.1) is 0 Å². The van der Waals surface area contributed by atoms with Crippen LogP contribution in [-0.2, 0) is 6.42 Å². The van der Waals surface area contributed by atoms with E-state index in [2.05, 4.69) is 58.4 Å². The largest absolute Gasteiger partial charge is 0.319 e. The molecule has 0 spiro atoms. The average molecular weight is 308 g/mol. The summed E-state index contributed by atoms with van der Waals surface area (Å²) in [5, 5.41) is 7.65. The Kier molecular flexibility index (Phi) is 4.19. The minimum Gasteiger partial charge on any atom is -0.319 e. The monoisotopic (exact) mass is 307 g/mol. The number of aromatic nitrogens is 2. The van der Waals surface area contributed by atoms with Gasteiger partial charge in [0.15, 0.2) is 0 Å². The van der Waals surface area contributed by atoms with E-state index in [4.69, 9.17) is 0 Å². The van der Waals surface area contributed by atoms with Crippen LogP contribution in [0.3, 0.4) is 0 Å². The maximum absolute atomic E-state index is 4.48. The van der Waals surface area contributed by atoms with E-state index in [0.29, 0.717) is 0 Å². The second-order valence-corrected chi connectivity index (χ2v) is 5.31. The second kappa shape index (κ2) is 5.67. The molecular formula is C14H18BrN3. The van der Waals surface area contributed by atoms with Crippen molar-refractivity contribution >= 4 is 15.9 Å². The van der Waals surface area contributed by atoms with E-state index < -0.39 is 0 Å². The van der Waals surface area contributed by atoms with E-state index in [1.165, 1.54) is 16.8 Å². The van der Waals surface area contributed by atoms with Gasteiger partial charge in [-0.1, -0.05) is 15.9 Å². The summed E-state index contributed by atoms with van der Waals surface area (Å²) in [6.45, 7) is 5.19. The van der Waals surface area contributed by atoms with Crippen LogP contribution in [0.2, 0.25) is 0 Å². The molecule has 96 valence electrons. The van der Waals surface area contributed by atoms with Crippen molar-refractivity contribution in [3.05, 3.63) is 45.7 Å². The van der Waals surface area contributed by atoms with Crippen molar-refractivity contribution in [2.24, 2.45) is 0 Å². The Morgan fingerprint density at radius 2 is 2.11 bits per heavy atom. The van der Waals surface area contributed by atoms with E-state index in [-0.39, 0.29) is 0 Å². The molecule has 0 atom stereocenters. The van der Waals surface area contributed by atoms with Crippen LogP contribution in [0.4, 0.5) is 0 Å². The highest BCUT2D eigenvalue weighted by Crippen LogP contribution is 2.21. The molecule has 18 heavy (non-hydrogen) atoms. The van der Waals surface area contributed by atoms with Crippen LogP contribution in [0.25, 0.3) is 5.69 Å². The Labute approximate surface area is 116 Å². The molecule has 1 N–H and O–H groups in total. The van der Waals surface area contributed by atoms with Crippen molar-refractivity contribution in [3.8, 4) is 5.69 Å². The molecule has 0 bridgehead atoms. The zero-order chi connectivity index (χ0) is 13.1. The summed E-state index contributed by atoms with van der Waals surface area (Å²) < 4.78 is 3.14. The topological polar surface area (TPSA) is 29.9 Å². The SMILES string of the molecule is CNCCc1cnn(-c2ccc(Br)c(C)c2)c1C. The number of halogens is 1. The van der Waals surface area contributed by atoms with E-state index in [1.54, 1.807) is 0 Å². The van der Waals surface area contributed by atoms with Gasteiger partial charge >= 0.3 is 0 Å². The summed E-state index contributed by atoms with van der Waals surface area (Å²) in [5.41, 5.74) is 4.85. The zero-order valence-corrected chi connectivity index (χ0v) is 12.6. The molecule has 2 rings (SSSR count). The van der Waals surface area contributed by atoms with E-state index in [1.807, 2.05) is 17.9 Å². The molecule has 0 aliphatic carbocycles. The van der Waals surface area contributed by atoms with Crippen molar-refractivity contribution in [1.82, 2.24) is 15.1 Å². The van der Waals surface area contributed by atoms with Crippen molar-refractivity contribution in [2.75, 3.05) is 13.6 Å². The first kappa shape index (κ1) is 13.3. The number of aryl methyl sites for hydroxylation is 1. The lowest BCUT2D eigenvalue weighted by Crippen LogP contribution is -2.10. The van der Waals surface area contributed by atoms with Gasteiger partial charge in [-0.05, 0) is 63.2 Å². The van der Waals surface area contributed by atoms with Gasteiger partial charge in [0.05, 0.1) is 11.9 Å². The highest BCUT2D eigenvalue weighted by Gasteiger charge is 2.08. The van der Waals surface area contributed by atoms with Crippen LogP contribution in [0.5, 0.6) is 0 Å². The summed E-state index contributed by atoms with van der Waals surface area (Å²) in [6.07, 6.45) is 2.97. The van der Waals surface area contributed by atoms with Crippen LogP contribution in [0.1, 0.15) is 16.8 Å². The maximum Gasteiger partial charge on any atom is 0.0652 e. The summed E-state index contributed by atoms with van der Waals surface area (Å²) >= 11 is 3.52. The third-order valence-electron chi connectivity index (χ3n) is 3.14. The number of nitrogens with one attached hydrogen (secondary N) is 1. The third kappa shape index (κ3) is 2.65. The molecule has 0 saturated heterocycles. The van der Waals surface area contributed by atoms with Crippen molar-refractivity contribution in [1.29, 1.82) is 0 Å². The van der Waals surface area contributed by atoms with Crippen LogP contribution >= 0.6 is 15.9 Å². The Balaban J connectivity index is 2.33. The van der Waals surface area contributed by atoms with Crippen molar-refractivity contribution in [2.45, 2.75) is 20.3 Å². The van der Waals surface area contributed by atoms with Crippen molar-refractivity contribution in [3.63, 3.8) is 0 Å². The lowest BCUT2D eigenvalue weighted by atomic mass is 10.2. The van der Waals surface area contributed by atoms with Gasteiger partial charge in [0.1, 0.15) is 0 Å². The number of nitrogens with zero attached hydrogens (tertiary/aromatic N) is 2. The summed E-state index contributed by atoms with van der Waals surface area (Å²) in [5.74, 6) is 0. The molecular weight excluding hydrogens is 290 g/mol. The Hall–Kier alpha value is -1.13. The fraction of sp³-hybridized carbons (Fsp3) is 0.357. The van der Waals surface area contributed by atoms with Gasteiger partial charge in [0.2, 0.25) is 0 Å². The molecule has 3 nitrogen and oxygen atoms in total. The second-order valence-electron chi connectivity index (χ2n) is 4.45. The lowest BCUT2D eigenvalue weighted by molar-refractivity contribution is 0.784. The number of hydrogen-bond donors (Lipinski definition) is 1. The Morgan fingerprint density at radius 3 is 2.78 bits per heavy atom. The quantitative estimate of drug-likeness (QED) is 0.941. The molecule has 4 heteroatoms. The molecule has 0 saturated carbocycles. The van der Waals surface area contributed by atoms with Gasteiger partial charge in [-0.2, -0.15) is 5.10 Å². The van der Waals surface area contributed by atoms with Crippen LogP contribution in [0, 0.1) is 13.8 Å². The average Bonchev–Trinajstić information content (AvgIpc) is 2.72. The van der Waals surface area contributed by atoms with Gasteiger partial charge in [-0.3, -0.25) is 0 Å². The van der Waals surface area contributed by atoms with Crippen LogP contribution in [0.15, 0.2) is 28.9 Å². The smallest absolute Gasteiger partial charge is 0.0652 e. The van der Waals surface area contributed by atoms with Gasteiger partial charge in [-0.25, -0.2) is 4.68 Å². The molecule has 2 aromatic rings. The third-order valence-corrected chi connectivity index (χ3v) is 4.03. The van der Waals surface area contributed by atoms with Gasteiger partial charge < -0.3 is 5.32 Å². The van der Waals surface area contributed by atoms with Crippen LogP contribution < -0.4 is 5.32 Å². The Morgan fingerprint density at radius 1 is 1.33 bits per heavy atom. The fourth-order valence-electron chi connectivity index (χ4n) is 1.97. The predicted molar refractivity (Wildman–Crippen MR) is 78.4 cm³/mol. The standard InChI is InChI=1S/C14H18BrN3/c1-10-8-13(4-5-14(10)15)18-11(2)12(9-17-18)6-7-16-3/h4-5,8-9,16H,6-7H2,1-3H3. The van der Waals surface area contributed by atoms with E-state index >= 15 is 0 Å². The zero-order valence-electron chi connectivity index (χ0n) is 11.0. The fourth-order valence-corrected chi connectivity index (χ4v) is 2.22. The normalized spacial score (nSPS) is 10.9. The first-order valence-electron chi connectivity index (χ1n) is 6.08. The summed E-state index contributed by atoms with van der Waals surface area (Å²) in [6, 6.07) is 6.30. The first-order chi connectivity index (χ1) is 8.63. The predicted octanol–water partition coefficient (Wildman–Crippen LogP) is 3.01. The molecule has 1 aromatic heterocycles. The maximum atomic E-state index is 4.48. The van der Waals surface area contributed by atoms with Gasteiger partial charge in [0.25, 0.3) is 0 Å². The van der Waals surface area contributed by atoms with E-state index in [9.17, 15) is 0 Å². The summed E-state index contributed by atoms with van der Waals surface area (Å²) in [4.78, 5) is 0. The molecule has 0 radical (unpaired) electrons.